The zero-order chi connectivity index (χ0) is 22.9. The van der Waals surface area contributed by atoms with Gasteiger partial charge in [-0.1, -0.05) is 25.5 Å². The summed E-state index contributed by atoms with van der Waals surface area (Å²) in [4.78, 5) is 16.7. The SMILES string of the molecule is CCOC(=O)C(=CC[C@@H]1CCC[C@H](OCc2nc(-c3cccc(OC)c3)oc2C)C1)CC. The molecule has 2 aromatic rings. The van der Waals surface area contributed by atoms with Crippen LogP contribution in [0.4, 0.5) is 0 Å². The van der Waals surface area contributed by atoms with Gasteiger partial charge >= 0.3 is 5.97 Å². The number of oxazole rings is 1. The van der Waals surface area contributed by atoms with Crippen molar-refractivity contribution in [2.75, 3.05) is 13.7 Å². The maximum absolute atomic E-state index is 12.0. The maximum Gasteiger partial charge on any atom is 0.333 e. The van der Waals surface area contributed by atoms with Gasteiger partial charge in [0, 0.05) is 11.1 Å². The largest absolute Gasteiger partial charge is 0.497 e. The van der Waals surface area contributed by atoms with E-state index in [9.17, 15) is 4.79 Å². The molecular weight excluding hydrogens is 406 g/mol. The Bertz CT molecular complexity index is 917. The van der Waals surface area contributed by atoms with Crippen molar-refractivity contribution in [3.8, 4) is 17.2 Å². The molecule has 0 unspecified atom stereocenters. The van der Waals surface area contributed by atoms with Gasteiger partial charge in [0.05, 0.1) is 26.4 Å². The summed E-state index contributed by atoms with van der Waals surface area (Å²) >= 11 is 0. The van der Waals surface area contributed by atoms with Crippen molar-refractivity contribution in [1.29, 1.82) is 0 Å². The van der Waals surface area contributed by atoms with E-state index in [1.165, 1.54) is 6.42 Å². The Balaban J connectivity index is 1.55. The molecule has 1 saturated carbocycles. The van der Waals surface area contributed by atoms with Gasteiger partial charge in [-0.2, -0.15) is 0 Å². The Morgan fingerprint density at radius 3 is 2.88 bits per heavy atom. The van der Waals surface area contributed by atoms with Gasteiger partial charge < -0.3 is 18.6 Å². The first-order valence-electron chi connectivity index (χ1n) is 11.6. The number of hydrogen-bond acceptors (Lipinski definition) is 6. The molecule has 0 spiro atoms. The Morgan fingerprint density at radius 1 is 1.28 bits per heavy atom. The fourth-order valence-electron chi connectivity index (χ4n) is 4.15. The van der Waals surface area contributed by atoms with Crippen LogP contribution in [0.5, 0.6) is 5.75 Å². The normalized spacial score (nSPS) is 19.1. The highest BCUT2D eigenvalue weighted by Crippen LogP contribution is 2.31. The monoisotopic (exact) mass is 441 g/mol. The summed E-state index contributed by atoms with van der Waals surface area (Å²) in [6, 6.07) is 7.69. The molecular formula is C26H35NO5. The first-order valence-corrected chi connectivity index (χ1v) is 11.6. The molecule has 0 radical (unpaired) electrons. The second kappa shape index (κ2) is 11.9. The number of rotatable bonds is 10. The van der Waals surface area contributed by atoms with E-state index in [-0.39, 0.29) is 12.1 Å². The number of hydrogen-bond donors (Lipinski definition) is 0. The summed E-state index contributed by atoms with van der Waals surface area (Å²) < 4.78 is 22.6. The van der Waals surface area contributed by atoms with E-state index in [4.69, 9.17) is 18.6 Å². The molecule has 2 atom stereocenters. The van der Waals surface area contributed by atoms with Gasteiger partial charge in [0.25, 0.3) is 0 Å². The maximum atomic E-state index is 12.0. The summed E-state index contributed by atoms with van der Waals surface area (Å²) in [5.74, 6) is 2.47. The van der Waals surface area contributed by atoms with E-state index in [1.807, 2.05) is 45.0 Å². The van der Waals surface area contributed by atoms with E-state index >= 15 is 0 Å². The van der Waals surface area contributed by atoms with Gasteiger partial charge in [0.1, 0.15) is 17.2 Å². The zero-order valence-electron chi connectivity index (χ0n) is 19.7. The first kappa shape index (κ1) is 24.1. The van der Waals surface area contributed by atoms with Crippen molar-refractivity contribution in [1.82, 2.24) is 4.98 Å². The number of benzene rings is 1. The minimum Gasteiger partial charge on any atom is -0.497 e. The van der Waals surface area contributed by atoms with Crippen molar-refractivity contribution in [2.24, 2.45) is 5.92 Å². The van der Waals surface area contributed by atoms with Gasteiger partial charge in [0.15, 0.2) is 0 Å². The second-order valence-electron chi connectivity index (χ2n) is 8.26. The molecule has 174 valence electrons. The van der Waals surface area contributed by atoms with Gasteiger partial charge in [0.2, 0.25) is 5.89 Å². The molecule has 0 amide bonds. The minimum atomic E-state index is -0.188. The lowest BCUT2D eigenvalue weighted by Gasteiger charge is -2.28. The lowest BCUT2D eigenvalue weighted by Crippen LogP contribution is -2.23. The molecule has 1 aromatic heterocycles. The smallest absolute Gasteiger partial charge is 0.333 e. The molecule has 1 heterocycles. The lowest BCUT2D eigenvalue weighted by atomic mass is 9.84. The highest BCUT2D eigenvalue weighted by molar-refractivity contribution is 5.88. The summed E-state index contributed by atoms with van der Waals surface area (Å²) in [6.45, 7) is 6.61. The predicted octanol–water partition coefficient (Wildman–Crippen LogP) is 6.02. The molecule has 0 N–H and O–H groups in total. The van der Waals surface area contributed by atoms with Crippen LogP contribution in [0.3, 0.4) is 0 Å². The van der Waals surface area contributed by atoms with Crippen molar-refractivity contribution in [3.63, 3.8) is 0 Å². The minimum absolute atomic E-state index is 0.188. The highest BCUT2D eigenvalue weighted by Gasteiger charge is 2.23. The van der Waals surface area contributed by atoms with Crippen LogP contribution in [0, 0.1) is 12.8 Å². The third kappa shape index (κ3) is 6.45. The predicted molar refractivity (Wildman–Crippen MR) is 123 cm³/mol. The molecule has 32 heavy (non-hydrogen) atoms. The first-order chi connectivity index (χ1) is 15.5. The van der Waals surface area contributed by atoms with Crippen LogP contribution >= 0.6 is 0 Å². The molecule has 0 saturated heterocycles. The van der Waals surface area contributed by atoms with Crippen LogP contribution in [0.1, 0.15) is 63.8 Å². The molecule has 6 nitrogen and oxygen atoms in total. The molecule has 0 aliphatic heterocycles. The molecule has 3 rings (SSSR count). The molecule has 1 fully saturated rings. The van der Waals surface area contributed by atoms with Crippen LogP contribution in [0.15, 0.2) is 40.3 Å². The highest BCUT2D eigenvalue weighted by atomic mass is 16.5. The van der Waals surface area contributed by atoms with Crippen LogP contribution in [0.25, 0.3) is 11.5 Å². The molecule has 1 aromatic carbocycles. The molecule has 1 aliphatic rings. The Labute approximate surface area is 191 Å². The number of carbonyl (C=O) groups excluding carboxylic acids is 1. The van der Waals surface area contributed by atoms with Gasteiger partial charge in [-0.05, 0) is 70.1 Å². The second-order valence-corrected chi connectivity index (χ2v) is 8.26. The van der Waals surface area contributed by atoms with Gasteiger partial charge in [-0.3, -0.25) is 0 Å². The van der Waals surface area contributed by atoms with Crippen molar-refractivity contribution in [3.05, 3.63) is 47.4 Å². The standard InChI is InChI=1S/C26H35NO5/c1-5-20(26(28)30-6-2)14-13-19-9-7-12-23(15-19)31-17-24-18(3)32-25(27-24)21-10-8-11-22(16-21)29-4/h8,10-11,14,16,19,23H,5-7,9,12-13,15,17H2,1-4H3/t19-,23-/m0/s1. The van der Waals surface area contributed by atoms with E-state index < -0.39 is 0 Å². The Morgan fingerprint density at radius 2 is 2.12 bits per heavy atom. The summed E-state index contributed by atoms with van der Waals surface area (Å²) in [5.41, 5.74) is 2.50. The number of aromatic nitrogens is 1. The van der Waals surface area contributed by atoms with Crippen molar-refractivity contribution in [2.45, 2.75) is 72.0 Å². The third-order valence-corrected chi connectivity index (χ3v) is 6.02. The summed E-state index contributed by atoms with van der Waals surface area (Å²) in [7, 11) is 1.65. The van der Waals surface area contributed by atoms with Crippen molar-refractivity contribution < 1.29 is 23.4 Å². The zero-order valence-corrected chi connectivity index (χ0v) is 19.7. The summed E-state index contributed by atoms with van der Waals surface area (Å²) in [5, 5.41) is 0. The van der Waals surface area contributed by atoms with E-state index in [0.29, 0.717) is 31.4 Å². The fraction of sp³-hybridized carbons (Fsp3) is 0.538. The number of aryl methyl sites for hydroxylation is 1. The Kier molecular flexibility index (Phi) is 8.91. The average molecular weight is 442 g/mol. The number of ether oxygens (including phenoxy) is 3. The quantitative estimate of drug-likeness (QED) is 0.331. The van der Waals surface area contributed by atoms with E-state index in [0.717, 1.165) is 54.0 Å². The number of carbonyl (C=O) groups is 1. The molecule has 0 bridgehead atoms. The van der Waals surface area contributed by atoms with Crippen LogP contribution < -0.4 is 4.74 Å². The van der Waals surface area contributed by atoms with Gasteiger partial charge in [-0.15, -0.1) is 0 Å². The topological polar surface area (TPSA) is 70.8 Å². The Hall–Kier alpha value is -2.60. The van der Waals surface area contributed by atoms with Crippen LogP contribution in [0.2, 0.25) is 0 Å². The van der Waals surface area contributed by atoms with E-state index in [2.05, 4.69) is 11.1 Å². The van der Waals surface area contributed by atoms with Crippen molar-refractivity contribution >= 4 is 5.97 Å². The number of allylic oxidation sites excluding steroid dienone is 1. The van der Waals surface area contributed by atoms with Crippen LogP contribution in [-0.4, -0.2) is 30.8 Å². The molecule has 1 aliphatic carbocycles. The number of nitrogens with zero attached hydrogens (tertiary/aromatic N) is 1. The van der Waals surface area contributed by atoms with Crippen LogP contribution in [-0.2, 0) is 20.9 Å². The molecule has 6 heteroatoms. The number of esters is 1. The number of methoxy groups -OCH3 is 1. The third-order valence-electron chi connectivity index (χ3n) is 6.02. The lowest BCUT2D eigenvalue weighted by molar-refractivity contribution is -0.138. The average Bonchev–Trinajstić information content (AvgIpc) is 3.19. The fourth-order valence-corrected chi connectivity index (χ4v) is 4.15. The van der Waals surface area contributed by atoms with E-state index in [1.54, 1.807) is 7.11 Å². The van der Waals surface area contributed by atoms with Gasteiger partial charge in [-0.25, -0.2) is 9.78 Å². The summed E-state index contributed by atoms with van der Waals surface area (Å²) in [6.07, 6.45) is 8.21.